The van der Waals surface area contributed by atoms with Crippen LogP contribution in [-0.2, 0) is 16.6 Å². The molecule has 1 rings (SSSR count). The highest BCUT2D eigenvalue weighted by Crippen LogP contribution is 2.20. The fourth-order valence-electron chi connectivity index (χ4n) is 1.94. The molecular formula is C13H24N2O3S. The van der Waals surface area contributed by atoms with Crippen molar-refractivity contribution in [1.82, 2.24) is 10.0 Å². The van der Waals surface area contributed by atoms with Gasteiger partial charge in [-0.2, -0.15) is 0 Å². The van der Waals surface area contributed by atoms with Gasteiger partial charge in [-0.05, 0) is 19.9 Å². The van der Waals surface area contributed by atoms with E-state index < -0.39 is 10.0 Å². The second kappa shape index (κ2) is 7.07. The van der Waals surface area contributed by atoms with E-state index in [1.165, 1.54) is 0 Å². The molecule has 0 aliphatic carbocycles. The zero-order valence-corrected chi connectivity index (χ0v) is 12.9. The van der Waals surface area contributed by atoms with Gasteiger partial charge in [0.2, 0.25) is 10.0 Å². The van der Waals surface area contributed by atoms with E-state index >= 15 is 0 Å². The van der Waals surface area contributed by atoms with Gasteiger partial charge in [-0.15, -0.1) is 0 Å². The van der Waals surface area contributed by atoms with Crippen LogP contribution in [0.3, 0.4) is 0 Å². The van der Waals surface area contributed by atoms with E-state index in [1.807, 2.05) is 0 Å². The minimum Gasteiger partial charge on any atom is -0.464 e. The molecule has 0 saturated heterocycles. The van der Waals surface area contributed by atoms with Crippen LogP contribution in [0.5, 0.6) is 0 Å². The first-order chi connectivity index (χ1) is 8.94. The molecule has 0 bridgehead atoms. The molecule has 0 amide bonds. The Morgan fingerprint density at radius 2 is 1.95 bits per heavy atom. The third-order valence-electron chi connectivity index (χ3n) is 3.28. The van der Waals surface area contributed by atoms with E-state index in [1.54, 1.807) is 20.0 Å². The highest BCUT2D eigenvalue weighted by molar-refractivity contribution is 7.89. The van der Waals surface area contributed by atoms with Gasteiger partial charge in [0.05, 0.1) is 6.54 Å². The van der Waals surface area contributed by atoms with Crippen LogP contribution in [0.2, 0.25) is 0 Å². The Hall–Kier alpha value is -0.850. The van der Waals surface area contributed by atoms with E-state index in [0.29, 0.717) is 30.5 Å². The maximum absolute atomic E-state index is 12.2. The number of rotatable bonds is 8. The van der Waals surface area contributed by atoms with Crippen molar-refractivity contribution in [3.8, 4) is 0 Å². The molecule has 1 aromatic rings. The molecule has 2 N–H and O–H groups in total. The number of sulfonamides is 1. The second-order valence-corrected chi connectivity index (χ2v) is 6.43. The lowest BCUT2D eigenvalue weighted by Crippen LogP contribution is -2.29. The van der Waals surface area contributed by atoms with Crippen LogP contribution in [0.1, 0.15) is 38.2 Å². The molecule has 0 aliphatic heterocycles. The van der Waals surface area contributed by atoms with Gasteiger partial charge in [-0.1, -0.05) is 26.7 Å². The molecule has 0 spiro atoms. The monoisotopic (exact) mass is 288 g/mol. The minimum absolute atomic E-state index is 0.240. The Kier molecular flexibility index (Phi) is 6.03. The summed E-state index contributed by atoms with van der Waals surface area (Å²) in [5, 5.41) is 2.94. The van der Waals surface area contributed by atoms with Crippen LogP contribution in [0, 0.1) is 12.8 Å². The standard InChI is InChI=1S/C13H24N2O3S/c1-5-11(6-2)8-15-19(16,17)13-7-12(9-14-4)18-10(13)3/h7,11,14-15H,5-6,8-9H2,1-4H3. The number of nitrogens with one attached hydrogen (secondary N) is 2. The highest BCUT2D eigenvalue weighted by Gasteiger charge is 2.21. The van der Waals surface area contributed by atoms with Crippen molar-refractivity contribution in [2.75, 3.05) is 13.6 Å². The molecule has 0 saturated carbocycles. The SMILES string of the molecule is CCC(CC)CNS(=O)(=O)c1cc(CNC)oc1C. The predicted molar refractivity (Wildman–Crippen MR) is 75.5 cm³/mol. The number of hydrogen-bond donors (Lipinski definition) is 2. The Morgan fingerprint density at radius 3 is 2.47 bits per heavy atom. The van der Waals surface area contributed by atoms with Gasteiger partial charge in [0.15, 0.2) is 0 Å². The lowest BCUT2D eigenvalue weighted by Gasteiger charge is -2.13. The molecule has 19 heavy (non-hydrogen) atoms. The Balaban J connectivity index is 2.82. The molecule has 0 radical (unpaired) electrons. The minimum atomic E-state index is -3.48. The van der Waals surface area contributed by atoms with Gasteiger partial charge in [0.25, 0.3) is 0 Å². The molecule has 110 valence electrons. The number of furan rings is 1. The first-order valence-electron chi connectivity index (χ1n) is 6.68. The molecule has 0 fully saturated rings. The Bertz CT molecular complexity index is 490. The third kappa shape index (κ3) is 4.33. The highest BCUT2D eigenvalue weighted by atomic mass is 32.2. The van der Waals surface area contributed by atoms with E-state index in [-0.39, 0.29) is 4.90 Å². The molecule has 0 unspecified atom stereocenters. The summed E-state index contributed by atoms with van der Waals surface area (Å²) in [5.41, 5.74) is 0. The van der Waals surface area contributed by atoms with Crippen LogP contribution in [0.4, 0.5) is 0 Å². The first kappa shape index (κ1) is 16.2. The number of aryl methyl sites for hydroxylation is 1. The lowest BCUT2D eigenvalue weighted by atomic mass is 10.0. The van der Waals surface area contributed by atoms with Gasteiger partial charge in [-0.25, -0.2) is 13.1 Å². The summed E-state index contributed by atoms with van der Waals surface area (Å²) in [4.78, 5) is 0.240. The summed E-state index contributed by atoms with van der Waals surface area (Å²) in [5.74, 6) is 1.43. The fourth-order valence-corrected chi connectivity index (χ4v) is 3.25. The summed E-state index contributed by atoms with van der Waals surface area (Å²) in [6, 6.07) is 1.58. The van der Waals surface area contributed by atoms with Gasteiger partial charge < -0.3 is 9.73 Å². The van der Waals surface area contributed by atoms with Crippen molar-refractivity contribution < 1.29 is 12.8 Å². The lowest BCUT2D eigenvalue weighted by molar-refractivity contribution is 0.463. The van der Waals surface area contributed by atoms with E-state index in [4.69, 9.17) is 4.42 Å². The molecule has 6 heteroatoms. The maximum atomic E-state index is 12.2. The molecule has 5 nitrogen and oxygen atoms in total. The van der Waals surface area contributed by atoms with Crippen molar-refractivity contribution in [2.24, 2.45) is 5.92 Å². The van der Waals surface area contributed by atoms with Crippen molar-refractivity contribution in [3.63, 3.8) is 0 Å². The fraction of sp³-hybridized carbons (Fsp3) is 0.692. The first-order valence-corrected chi connectivity index (χ1v) is 8.16. The summed E-state index contributed by atoms with van der Waals surface area (Å²) >= 11 is 0. The molecule has 1 aromatic heterocycles. The average Bonchev–Trinajstić information content (AvgIpc) is 2.73. The van der Waals surface area contributed by atoms with Crippen LogP contribution in [-0.4, -0.2) is 22.0 Å². The normalized spacial score (nSPS) is 12.3. The summed E-state index contributed by atoms with van der Waals surface area (Å²) in [6.45, 7) is 6.79. The average molecular weight is 288 g/mol. The summed E-state index contributed by atoms with van der Waals surface area (Å²) < 4.78 is 32.5. The third-order valence-corrected chi connectivity index (χ3v) is 4.81. The molecule has 1 heterocycles. The largest absolute Gasteiger partial charge is 0.464 e. The van der Waals surface area contributed by atoms with Crippen LogP contribution in [0.15, 0.2) is 15.4 Å². The Labute approximate surface area is 115 Å². The van der Waals surface area contributed by atoms with Gasteiger partial charge in [0.1, 0.15) is 16.4 Å². The Morgan fingerprint density at radius 1 is 1.32 bits per heavy atom. The molecular weight excluding hydrogens is 264 g/mol. The zero-order chi connectivity index (χ0) is 14.5. The van der Waals surface area contributed by atoms with Crippen LogP contribution in [0.25, 0.3) is 0 Å². The van der Waals surface area contributed by atoms with Crippen molar-refractivity contribution in [3.05, 3.63) is 17.6 Å². The van der Waals surface area contributed by atoms with Crippen LogP contribution >= 0.6 is 0 Å². The van der Waals surface area contributed by atoms with E-state index in [2.05, 4.69) is 23.9 Å². The quantitative estimate of drug-likeness (QED) is 0.767. The summed E-state index contributed by atoms with van der Waals surface area (Å²) in [6.07, 6.45) is 1.93. The molecule has 0 aromatic carbocycles. The topological polar surface area (TPSA) is 71.3 Å². The van der Waals surface area contributed by atoms with Crippen molar-refractivity contribution >= 4 is 10.0 Å². The maximum Gasteiger partial charge on any atom is 0.244 e. The smallest absolute Gasteiger partial charge is 0.244 e. The zero-order valence-electron chi connectivity index (χ0n) is 12.1. The van der Waals surface area contributed by atoms with Crippen LogP contribution < -0.4 is 10.0 Å². The van der Waals surface area contributed by atoms with Gasteiger partial charge in [-0.3, -0.25) is 0 Å². The molecule has 0 atom stereocenters. The predicted octanol–water partition coefficient (Wildman–Crippen LogP) is 2.02. The van der Waals surface area contributed by atoms with Gasteiger partial charge >= 0.3 is 0 Å². The number of hydrogen-bond acceptors (Lipinski definition) is 4. The second-order valence-electron chi connectivity index (χ2n) is 4.70. The molecule has 0 aliphatic rings. The summed E-state index contributed by atoms with van der Waals surface area (Å²) in [7, 11) is -1.69. The van der Waals surface area contributed by atoms with E-state index in [9.17, 15) is 8.42 Å². The van der Waals surface area contributed by atoms with Gasteiger partial charge in [0, 0.05) is 12.6 Å². The van der Waals surface area contributed by atoms with Crippen molar-refractivity contribution in [1.29, 1.82) is 0 Å². The van der Waals surface area contributed by atoms with E-state index in [0.717, 1.165) is 12.8 Å². The van der Waals surface area contributed by atoms with Crippen molar-refractivity contribution in [2.45, 2.75) is 45.1 Å².